The molecular weight excluding hydrogens is 424 g/mol. The molecule has 0 aliphatic carbocycles. The number of methoxy groups -OCH3 is 1. The number of aryl methyl sites for hydroxylation is 2. The molecule has 2 amide bonds. The largest absolute Gasteiger partial charge is 0.493 e. The van der Waals surface area contributed by atoms with E-state index in [0.29, 0.717) is 35.8 Å². The van der Waals surface area contributed by atoms with E-state index in [1.54, 1.807) is 25.3 Å². The molecule has 0 bridgehead atoms. The van der Waals surface area contributed by atoms with E-state index in [1.807, 2.05) is 45.0 Å². The monoisotopic (exact) mass is 450 g/mol. The zero-order chi connectivity index (χ0) is 23.4. The maximum atomic E-state index is 13.4. The van der Waals surface area contributed by atoms with E-state index in [1.165, 1.54) is 4.90 Å². The van der Waals surface area contributed by atoms with E-state index in [9.17, 15) is 9.59 Å². The molecule has 0 spiro atoms. The molecular formula is C25H26N2O4S. The van der Waals surface area contributed by atoms with Crippen LogP contribution in [0.3, 0.4) is 0 Å². The van der Waals surface area contributed by atoms with Gasteiger partial charge in [-0.1, -0.05) is 23.8 Å². The lowest BCUT2D eigenvalue weighted by Crippen LogP contribution is -2.54. The van der Waals surface area contributed by atoms with Gasteiger partial charge >= 0.3 is 0 Å². The van der Waals surface area contributed by atoms with Gasteiger partial charge in [0.2, 0.25) is 0 Å². The summed E-state index contributed by atoms with van der Waals surface area (Å²) in [6.07, 6.45) is 3.84. The van der Waals surface area contributed by atoms with Crippen LogP contribution < -0.4 is 19.7 Å². The maximum Gasteiger partial charge on any atom is 0.270 e. The number of carbonyl (C=O) groups excluding carboxylic acids is 2. The van der Waals surface area contributed by atoms with Crippen molar-refractivity contribution in [2.24, 2.45) is 0 Å². The molecule has 6 nitrogen and oxygen atoms in total. The van der Waals surface area contributed by atoms with Gasteiger partial charge in [0.1, 0.15) is 5.57 Å². The summed E-state index contributed by atoms with van der Waals surface area (Å²) in [5.74, 6) is 0.114. The van der Waals surface area contributed by atoms with Gasteiger partial charge in [0.25, 0.3) is 11.8 Å². The van der Waals surface area contributed by atoms with Crippen LogP contribution in [0.5, 0.6) is 11.5 Å². The van der Waals surface area contributed by atoms with Gasteiger partial charge < -0.3 is 9.47 Å². The first-order valence-corrected chi connectivity index (χ1v) is 10.6. The molecule has 0 unspecified atom stereocenters. The topological polar surface area (TPSA) is 67.9 Å². The van der Waals surface area contributed by atoms with Crippen molar-refractivity contribution in [1.82, 2.24) is 5.32 Å². The zero-order valence-electron chi connectivity index (χ0n) is 18.7. The Morgan fingerprint density at radius 1 is 1.19 bits per heavy atom. The highest BCUT2D eigenvalue weighted by atomic mass is 32.1. The van der Waals surface area contributed by atoms with Crippen LogP contribution in [0, 0.1) is 13.8 Å². The average molecular weight is 451 g/mol. The molecule has 0 aromatic heterocycles. The van der Waals surface area contributed by atoms with Gasteiger partial charge in [-0.2, -0.15) is 0 Å². The van der Waals surface area contributed by atoms with Crippen molar-refractivity contribution in [2.75, 3.05) is 18.6 Å². The van der Waals surface area contributed by atoms with E-state index in [4.69, 9.17) is 21.7 Å². The van der Waals surface area contributed by atoms with Crippen LogP contribution in [-0.4, -0.2) is 30.6 Å². The lowest BCUT2D eigenvalue weighted by atomic mass is 10.0. The number of allylic oxidation sites excluding steroid dienone is 1. The minimum absolute atomic E-state index is 0.0178. The van der Waals surface area contributed by atoms with Gasteiger partial charge in [-0.15, -0.1) is 6.58 Å². The number of nitrogens with one attached hydrogen (secondary N) is 1. The minimum atomic E-state index is -0.542. The Kier molecular flexibility index (Phi) is 7.10. The fourth-order valence-corrected chi connectivity index (χ4v) is 3.94. The number of hydrogen-bond acceptors (Lipinski definition) is 5. The number of anilines is 1. The average Bonchev–Trinajstić information content (AvgIpc) is 2.73. The molecule has 166 valence electrons. The third-order valence-corrected chi connectivity index (χ3v) is 5.31. The predicted molar refractivity (Wildman–Crippen MR) is 130 cm³/mol. The molecule has 1 heterocycles. The number of benzene rings is 2. The smallest absolute Gasteiger partial charge is 0.270 e. The van der Waals surface area contributed by atoms with Crippen molar-refractivity contribution in [2.45, 2.75) is 27.2 Å². The number of amides is 2. The summed E-state index contributed by atoms with van der Waals surface area (Å²) in [4.78, 5) is 27.4. The Labute approximate surface area is 193 Å². The first-order valence-electron chi connectivity index (χ1n) is 10.2. The van der Waals surface area contributed by atoms with Crippen molar-refractivity contribution >= 4 is 40.9 Å². The van der Waals surface area contributed by atoms with Gasteiger partial charge in [-0.05, 0) is 74.8 Å². The number of thiocarbonyl (C=S) groups is 1. The summed E-state index contributed by atoms with van der Waals surface area (Å²) in [5.41, 5.74) is 4.04. The maximum absolute atomic E-state index is 13.4. The van der Waals surface area contributed by atoms with Crippen molar-refractivity contribution in [1.29, 1.82) is 0 Å². The lowest BCUT2D eigenvalue weighted by molar-refractivity contribution is -0.122. The van der Waals surface area contributed by atoms with Crippen molar-refractivity contribution < 1.29 is 19.1 Å². The zero-order valence-corrected chi connectivity index (χ0v) is 19.5. The molecule has 1 aliphatic heterocycles. The normalized spacial score (nSPS) is 15.1. The second kappa shape index (κ2) is 9.78. The molecule has 0 saturated carbocycles. The lowest BCUT2D eigenvalue weighted by Gasteiger charge is -2.30. The van der Waals surface area contributed by atoms with Gasteiger partial charge in [0.05, 0.1) is 19.4 Å². The SMILES string of the molecule is C=CCc1cc(/C=C2\C(=O)NC(=S)N(c3ccc(C)cc3C)C2=O)cc(OCC)c1OC. The van der Waals surface area contributed by atoms with Crippen LogP contribution in [0.25, 0.3) is 6.08 Å². The highest BCUT2D eigenvalue weighted by Crippen LogP contribution is 2.35. The minimum Gasteiger partial charge on any atom is -0.493 e. The molecule has 32 heavy (non-hydrogen) atoms. The molecule has 0 radical (unpaired) electrons. The second-order valence-corrected chi connectivity index (χ2v) is 7.77. The van der Waals surface area contributed by atoms with Crippen molar-refractivity contribution in [3.05, 3.63) is 70.8 Å². The highest BCUT2D eigenvalue weighted by molar-refractivity contribution is 7.80. The fraction of sp³-hybridized carbons (Fsp3) is 0.240. The first kappa shape index (κ1) is 23.2. The van der Waals surface area contributed by atoms with Crippen LogP contribution in [0.4, 0.5) is 5.69 Å². The summed E-state index contributed by atoms with van der Waals surface area (Å²) >= 11 is 5.31. The summed E-state index contributed by atoms with van der Waals surface area (Å²) < 4.78 is 11.2. The summed E-state index contributed by atoms with van der Waals surface area (Å²) in [7, 11) is 1.57. The number of hydrogen-bond donors (Lipinski definition) is 1. The van der Waals surface area contributed by atoms with Gasteiger partial charge in [0, 0.05) is 5.56 Å². The standard InChI is InChI=1S/C25H26N2O4S/c1-6-8-18-12-17(14-21(31-7-2)22(18)30-5)13-19-23(28)26-25(32)27(24(19)29)20-10-9-15(3)11-16(20)4/h6,9-14H,1,7-8H2,2-5H3,(H,26,28,32)/b19-13+. The molecule has 1 saturated heterocycles. The number of nitrogens with zero attached hydrogens (tertiary/aromatic N) is 1. The van der Waals surface area contributed by atoms with Gasteiger partial charge in [0.15, 0.2) is 16.6 Å². The van der Waals surface area contributed by atoms with Gasteiger partial charge in [-0.3, -0.25) is 19.8 Å². The molecule has 2 aromatic rings. The molecule has 7 heteroatoms. The number of carbonyl (C=O) groups is 2. The van der Waals surface area contributed by atoms with Crippen LogP contribution in [0.15, 0.2) is 48.6 Å². The van der Waals surface area contributed by atoms with Crippen LogP contribution >= 0.6 is 12.2 Å². The number of ether oxygens (including phenoxy) is 2. The molecule has 0 atom stereocenters. The molecule has 1 fully saturated rings. The van der Waals surface area contributed by atoms with Crippen molar-refractivity contribution in [3.8, 4) is 11.5 Å². The Morgan fingerprint density at radius 3 is 2.56 bits per heavy atom. The van der Waals surface area contributed by atoms with Gasteiger partial charge in [-0.25, -0.2) is 0 Å². The summed E-state index contributed by atoms with van der Waals surface area (Å²) in [6.45, 7) is 9.98. The molecule has 3 rings (SSSR count). The summed E-state index contributed by atoms with van der Waals surface area (Å²) in [6, 6.07) is 9.29. The van der Waals surface area contributed by atoms with Crippen LogP contribution in [-0.2, 0) is 16.0 Å². The fourth-order valence-electron chi connectivity index (χ4n) is 3.67. The third kappa shape index (κ3) is 4.57. The Balaban J connectivity index is 2.10. The second-order valence-electron chi connectivity index (χ2n) is 7.39. The first-order chi connectivity index (χ1) is 15.3. The van der Waals surface area contributed by atoms with E-state index in [-0.39, 0.29) is 10.7 Å². The number of rotatable bonds is 7. The third-order valence-electron chi connectivity index (χ3n) is 5.03. The summed E-state index contributed by atoms with van der Waals surface area (Å²) in [5, 5.41) is 2.69. The Bertz CT molecular complexity index is 1140. The van der Waals surface area contributed by atoms with E-state index in [2.05, 4.69) is 11.9 Å². The Morgan fingerprint density at radius 2 is 1.94 bits per heavy atom. The van der Waals surface area contributed by atoms with Crippen LogP contribution in [0.2, 0.25) is 0 Å². The quantitative estimate of drug-likeness (QED) is 0.295. The van der Waals surface area contributed by atoms with Crippen LogP contribution in [0.1, 0.15) is 29.2 Å². The Hall–Kier alpha value is -3.45. The highest BCUT2D eigenvalue weighted by Gasteiger charge is 2.35. The molecule has 1 N–H and O–H groups in total. The van der Waals surface area contributed by atoms with E-state index < -0.39 is 11.8 Å². The van der Waals surface area contributed by atoms with Crippen molar-refractivity contribution in [3.63, 3.8) is 0 Å². The van der Waals surface area contributed by atoms with E-state index in [0.717, 1.165) is 16.7 Å². The molecule has 1 aliphatic rings. The molecule has 2 aromatic carbocycles. The predicted octanol–water partition coefficient (Wildman–Crippen LogP) is 4.27. The van der Waals surface area contributed by atoms with E-state index >= 15 is 0 Å².